The molecule has 1 aromatic carbocycles. The summed E-state index contributed by atoms with van der Waals surface area (Å²) in [6.07, 6.45) is 0.500. The molecule has 2 atom stereocenters. The molecule has 7 nitrogen and oxygen atoms in total. The molecule has 0 unspecified atom stereocenters. The Hall–Kier alpha value is -2.70. The number of rotatable bonds is 3. The second-order valence-corrected chi connectivity index (χ2v) is 4.14. The Morgan fingerprint density at radius 1 is 1.35 bits per heavy atom. The fourth-order valence-corrected chi connectivity index (χ4v) is 1.84. The molecule has 0 saturated carbocycles. The molecule has 2 rings (SSSR count). The number of ether oxygens (including phenoxy) is 2. The van der Waals surface area contributed by atoms with Crippen molar-refractivity contribution in [3.63, 3.8) is 0 Å². The van der Waals surface area contributed by atoms with Gasteiger partial charge in [-0.15, -0.1) is 0 Å². The predicted octanol–water partition coefficient (Wildman–Crippen LogP) is 1.68. The molecule has 1 aromatic rings. The summed E-state index contributed by atoms with van der Waals surface area (Å²) < 4.78 is 10.2. The summed E-state index contributed by atoms with van der Waals surface area (Å²) in [5.41, 5.74) is 0.440. The molecule has 1 heterocycles. The number of ketones is 1. The van der Waals surface area contributed by atoms with E-state index in [1.54, 1.807) is 0 Å². The quantitative estimate of drug-likeness (QED) is 0.474. The van der Waals surface area contributed by atoms with Crippen LogP contribution in [0.3, 0.4) is 0 Å². The SMILES string of the molecule is CC(=O)O[C@@H]1C(=O)C=CO[C@@H]1c1ccc([N+](=O)[O-])cc1. The van der Waals surface area contributed by atoms with Gasteiger partial charge in [0.05, 0.1) is 11.2 Å². The van der Waals surface area contributed by atoms with Crippen molar-refractivity contribution in [2.45, 2.75) is 19.1 Å². The van der Waals surface area contributed by atoms with Gasteiger partial charge < -0.3 is 9.47 Å². The zero-order valence-electron chi connectivity index (χ0n) is 10.5. The number of hydrogen-bond donors (Lipinski definition) is 0. The Balaban J connectivity index is 2.28. The van der Waals surface area contributed by atoms with E-state index in [1.807, 2.05) is 0 Å². The highest BCUT2D eigenvalue weighted by Crippen LogP contribution is 2.29. The first-order valence-corrected chi connectivity index (χ1v) is 5.76. The maximum absolute atomic E-state index is 11.7. The van der Waals surface area contributed by atoms with E-state index < -0.39 is 28.9 Å². The van der Waals surface area contributed by atoms with E-state index in [0.717, 1.165) is 0 Å². The Kier molecular flexibility index (Phi) is 3.79. The van der Waals surface area contributed by atoms with Crippen LogP contribution in [0, 0.1) is 10.1 Å². The van der Waals surface area contributed by atoms with E-state index in [2.05, 4.69) is 0 Å². The fraction of sp³-hybridized carbons (Fsp3) is 0.231. The van der Waals surface area contributed by atoms with Crippen molar-refractivity contribution in [2.24, 2.45) is 0 Å². The van der Waals surface area contributed by atoms with Gasteiger partial charge in [0.2, 0.25) is 11.9 Å². The molecule has 1 aliphatic heterocycles. The van der Waals surface area contributed by atoms with E-state index >= 15 is 0 Å². The van der Waals surface area contributed by atoms with Gasteiger partial charge in [-0.1, -0.05) is 0 Å². The van der Waals surface area contributed by atoms with Crippen molar-refractivity contribution in [3.05, 3.63) is 52.3 Å². The number of nitro benzene ring substituents is 1. The van der Waals surface area contributed by atoms with E-state index in [4.69, 9.17) is 9.47 Å². The molecule has 0 spiro atoms. The molecule has 0 aromatic heterocycles. The van der Waals surface area contributed by atoms with Gasteiger partial charge in [-0.25, -0.2) is 0 Å². The first-order valence-electron chi connectivity index (χ1n) is 5.76. The molecule has 0 aliphatic carbocycles. The summed E-state index contributed by atoms with van der Waals surface area (Å²) in [6.45, 7) is 1.19. The monoisotopic (exact) mass is 277 g/mol. The zero-order chi connectivity index (χ0) is 14.7. The van der Waals surface area contributed by atoms with Crippen LogP contribution in [0.1, 0.15) is 18.6 Å². The molecule has 0 amide bonds. The number of carbonyl (C=O) groups excluding carboxylic acids is 2. The lowest BCUT2D eigenvalue weighted by atomic mass is 9.99. The van der Waals surface area contributed by atoms with Crippen molar-refractivity contribution < 1.29 is 24.0 Å². The van der Waals surface area contributed by atoms with Gasteiger partial charge in [-0.2, -0.15) is 0 Å². The van der Waals surface area contributed by atoms with Gasteiger partial charge in [0.1, 0.15) is 0 Å². The highest BCUT2D eigenvalue weighted by molar-refractivity contribution is 5.95. The summed E-state index contributed by atoms with van der Waals surface area (Å²) in [6, 6.07) is 5.52. The first-order chi connectivity index (χ1) is 9.49. The minimum Gasteiger partial charge on any atom is -0.489 e. The molecule has 1 aliphatic rings. The van der Waals surface area contributed by atoms with Crippen LogP contribution in [-0.2, 0) is 19.1 Å². The van der Waals surface area contributed by atoms with Crippen molar-refractivity contribution in [2.75, 3.05) is 0 Å². The van der Waals surface area contributed by atoms with Crippen LogP contribution < -0.4 is 0 Å². The number of esters is 1. The molecule has 7 heteroatoms. The summed E-state index contributed by atoms with van der Waals surface area (Å²) in [7, 11) is 0. The standard InChI is InChI=1S/C13H11NO6/c1-8(15)20-13-11(16)6-7-19-12(13)9-2-4-10(5-3-9)14(17)18/h2-7,12-13H,1H3/t12-,13-/m1/s1. The second kappa shape index (κ2) is 5.52. The summed E-state index contributed by atoms with van der Waals surface area (Å²) in [5.74, 6) is -0.996. The third-order valence-corrected chi connectivity index (χ3v) is 2.74. The average molecular weight is 277 g/mol. The Labute approximate surface area is 113 Å². The minimum absolute atomic E-state index is 0.0736. The van der Waals surface area contributed by atoms with Gasteiger partial charge in [-0.05, 0) is 17.7 Å². The van der Waals surface area contributed by atoms with E-state index in [0.29, 0.717) is 5.56 Å². The maximum atomic E-state index is 11.7. The lowest BCUT2D eigenvalue weighted by Crippen LogP contribution is -2.34. The fourth-order valence-electron chi connectivity index (χ4n) is 1.84. The molecule has 20 heavy (non-hydrogen) atoms. The Bertz CT molecular complexity index is 577. The number of hydrogen-bond acceptors (Lipinski definition) is 6. The average Bonchev–Trinajstić information content (AvgIpc) is 2.41. The number of benzene rings is 1. The lowest BCUT2D eigenvalue weighted by molar-refractivity contribution is -0.384. The normalized spacial score (nSPS) is 21.1. The number of non-ortho nitro benzene ring substituents is 1. The molecule has 0 N–H and O–H groups in total. The molecule has 0 fully saturated rings. The van der Waals surface area contributed by atoms with Crippen molar-refractivity contribution in [1.29, 1.82) is 0 Å². The molecule has 104 valence electrons. The largest absolute Gasteiger partial charge is 0.489 e. The van der Waals surface area contributed by atoms with Crippen LogP contribution in [0.4, 0.5) is 5.69 Å². The van der Waals surface area contributed by atoms with Gasteiger partial charge in [0.25, 0.3) is 5.69 Å². The van der Waals surface area contributed by atoms with E-state index in [1.165, 1.54) is 43.5 Å². The molecular weight excluding hydrogens is 266 g/mol. The van der Waals surface area contributed by atoms with Crippen LogP contribution in [0.2, 0.25) is 0 Å². The Morgan fingerprint density at radius 3 is 2.55 bits per heavy atom. The van der Waals surface area contributed by atoms with Gasteiger partial charge in [0, 0.05) is 25.1 Å². The van der Waals surface area contributed by atoms with Crippen molar-refractivity contribution >= 4 is 17.4 Å². The number of carbonyl (C=O) groups is 2. The molecule has 0 bridgehead atoms. The third kappa shape index (κ3) is 2.82. The number of nitrogens with zero attached hydrogens (tertiary/aromatic N) is 1. The van der Waals surface area contributed by atoms with Crippen LogP contribution in [0.25, 0.3) is 0 Å². The first kappa shape index (κ1) is 13.7. The molecule has 0 saturated heterocycles. The summed E-state index contributed by atoms with van der Waals surface area (Å²) >= 11 is 0. The number of nitro groups is 1. The topological polar surface area (TPSA) is 95.7 Å². The third-order valence-electron chi connectivity index (χ3n) is 2.74. The molecule has 0 radical (unpaired) electrons. The van der Waals surface area contributed by atoms with Crippen molar-refractivity contribution in [3.8, 4) is 0 Å². The lowest BCUT2D eigenvalue weighted by Gasteiger charge is -2.27. The summed E-state index contributed by atoms with van der Waals surface area (Å²) in [4.78, 5) is 32.8. The minimum atomic E-state index is -1.08. The van der Waals surface area contributed by atoms with Crippen LogP contribution >= 0.6 is 0 Å². The van der Waals surface area contributed by atoms with Crippen LogP contribution in [0.5, 0.6) is 0 Å². The van der Waals surface area contributed by atoms with E-state index in [-0.39, 0.29) is 5.69 Å². The van der Waals surface area contributed by atoms with Gasteiger partial charge in [0.15, 0.2) is 6.10 Å². The molecular formula is C13H11NO6. The van der Waals surface area contributed by atoms with Gasteiger partial charge in [-0.3, -0.25) is 19.7 Å². The highest BCUT2D eigenvalue weighted by atomic mass is 16.6. The highest BCUT2D eigenvalue weighted by Gasteiger charge is 2.35. The smallest absolute Gasteiger partial charge is 0.303 e. The van der Waals surface area contributed by atoms with Gasteiger partial charge >= 0.3 is 5.97 Å². The predicted molar refractivity (Wildman–Crippen MR) is 66.6 cm³/mol. The second-order valence-electron chi connectivity index (χ2n) is 4.14. The van der Waals surface area contributed by atoms with E-state index in [9.17, 15) is 19.7 Å². The maximum Gasteiger partial charge on any atom is 0.303 e. The van der Waals surface area contributed by atoms with Crippen LogP contribution in [-0.4, -0.2) is 22.8 Å². The zero-order valence-corrected chi connectivity index (χ0v) is 10.5. The Morgan fingerprint density at radius 2 is 2.00 bits per heavy atom. The van der Waals surface area contributed by atoms with Crippen LogP contribution in [0.15, 0.2) is 36.6 Å². The summed E-state index contributed by atoms with van der Waals surface area (Å²) in [5, 5.41) is 10.6. The van der Waals surface area contributed by atoms with Crippen molar-refractivity contribution in [1.82, 2.24) is 0 Å².